The van der Waals surface area contributed by atoms with Crippen molar-refractivity contribution in [1.29, 1.82) is 0 Å². The maximum atomic E-state index is 5.48. The zero-order valence-electron chi connectivity index (χ0n) is 7.18. The second-order valence-electron chi connectivity index (χ2n) is 3.23. The van der Waals surface area contributed by atoms with Crippen LogP contribution in [0.2, 0.25) is 0 Å². The van der Waals surface area contributed by atoms with Crippen molar-refractivity contribution in [2.45, 2.75) is 25.4 Å². The Bertz CT molecular complexity index is 110. The van der Waals surface area contributed by atoms with E-state index in [9.17, 15) is 0 Å². The van der Waals surface area contributed by atoms with Gasteiger partial charge < -0.3 is 9.64 Å². The number of nitrogens with zero attached hydrogens (tertiary/aromatic N) is 1. The van der Waals surface area contributed by atoms with E-state index >= 15 is 0 Å². The van der Waals surface area contributed by atoms with E-state index in [-0.39, 0.29) is 5.60 Å². The van der Waals surface area contributed by atoms with Gasteiger partial charge in [-0.2, -0.15) is 0 Å². The van der Waals surface area contributed by atoms with Gasteiger partial charge in [-0.3, -0.25) is 0 Å². The average Bonchev–Trinajstić information content (AvgIpc) is 2.33. The third-order valence-corrected chi connectivity index (χ3v) is 2.58. The molecule has 0 bridgehead atoms. The van der Waals surface area contributed by atoms with Gasteiger partial charge in [0, 0.05) is 20.2 Å². The maximum Gasteiger partial charge on any atom is 0.0814 e. The van der Waals surface area contributed by atoms with Gasteiger partial charge in [0.15, 0.2) is 0 Å². The lowest BCUT2D eigenvalue weighted by Gasteiger charge is -2.25. The Hall–Kier alpha value is -0.0800. The standard InChI is InChI=1S/C8H17NO/c1-4-8(10-3)5-6-9(2)7-8/h4-7H2,1-3H3. The zero-order valence-corrected chi connectivity index (χ0v) is 7.18. The zero-order chi connectivity index (χ0) is 7.61. The van der Waals surface area contributed by atoms with Gasteiger partial charge >= 0.3 is 0 Å². The fraction of sp³-hybridized carbons (Fsp3) is 1.00. The van der Waals surface area contributed by atoms with Crippen molar-refractivity contribution in [3.05, 3.63) is 0 Å². The molecule has 10 heavy (non-hydrogen) atoms. The topological polar surface area (TPSA) is 12.5 Å². The quantitative estimate of drug-likeness (QED) is 0.574. The minimum atomic E-state index is 0.175. The monoisotopic (exact) mass is 143 g/mol. The summed E-state index contributed by atoms with van der Waals surface area (Å²) in [7, 11) is 3.97. The molecule has 0 N–H and O–H groups in total. The molecule has 2 nitrogen and oxygen atoms in total. The van der Waals surface area contributed by atoms with E-state index in [1.165, 1.54) is 13.0 Å². The molecule has 1 rings (SSSR count). The highest BCUT2D eigenvalue weighted by molar-refractivity contribution is 4.88. The normalized spacial score (nSPS) is 35.1. The van der Waals surface area contributed by atoms with Crippen LogP contribution in [-0.2, 0) is 4.74 Å². The first-order chi connectivity index (χ1) is 4.72. The highest BCUT2D eigenvalue weighted by Gasteiger charge is 2.34. The van der Waals surface area contributed by atoms with Gasteiger partial charge in [-0.15, -0.1) is 0 Å². The molecule has 0 radical (unpaired) electrons. The van der Waals surface area contributed by atoms with Crippen LogP contribution in [0.15, 0.2) is 0 Å². The Labute approximate surface area is 63.2 Å². The summed E-state index contributed by atoms with van der Waals surface area (Å²) < 4.78 is 5.48. The van der Waals surface area contributed by atoms with Gasteiger partial charge in [0.25, 0.3) is 0 Å². The van der Waals surface area contributed by atoms with Gasteiger partial charge in [0.05, 0.1) is 5.60 Å². The lowest BCUT2D eigenvalue weighted by Crippen LogP contribution is -2.33. The molecule has 0 aromatic heterocycles. The summed E-state index contributed by atoms with van der Waals surface area (Å²) in [6, 6.07) is 0. The average molecular weight is 143 g/mol. The van der Waals surface area contributed by atoms with Crippen LogP contribution in [-0.4, -0.2) is 37.7 Å². The van der Waals surface area contributed by atoms with E-state index in [4.69, 9.17) is 4.74 Å². The second-order valence-corrected chi connectivity index (χ2v) is 3.23. The Balaban J connectivity index is 2.51. The first kappa shape index (κ1) is 8.02. The fourth-order valence-electron chi connectivity index (χ4n) is 1.64. The molecule has 1 atom stereocenters. The van der Waals surface area contributed by atoms with Crippen molar-refractivity contribution in [3.8, 4) is 0 Å². The summed E-state index contributed by atoms with van der Waals surface area (Å²) in [5.74, 6) is 0. The maximum absolute atomic E-state index is 5.48. The van der Waals surface area contributed by atoms with Crippen molar-refractivity contribution in [2.75, 3.05) is 27.2 Å². The number of methoxy groups -OCH3 is 1. The summed E-state index contributed by atoms with van der Waals surface area (Å²) in [4.78, 5) is 2.33. The van der Waals surface area contributed by atoms with Gasteiger partial charge in [-0.25, -0.2) is 0 Å². The number of likely N-dealkylation sites (tertiary alicyclic amines) is 1. The van der Waals surface area contributed by atoms with Crippen molar-refractivity contribution < 1.29 is 4.74 Å². The highest BCUT2D eigenvalue weighted by Crippen LogP contribution is 2.26. The molecule has 1 aliphatic heterocycles. The van der Waals surface area contributed by atoms with Gasteiger partial charge in [0.1, 0.15) is 0 Å². The molecule has 0 saturated carbocycles. The van der Waals surface area contributed by atoms with Crippen molar-refractivity contribution in [3.63, 3.8) is 0 Å². The van der Waals surface area contributed by atoms with Crippen LogP contribution < -0.4 is 0 Å². The van der Waals surface area contributed by atoms with Crippen molar-refractivity contribution in [2.24, 2.45) is 0 Å². The van der Waals surface area contributed by atoms with Crippen LogP contribution >= 0.6 is 0 Å². The summed E-state index contributed by atoms with van der Waals surface area (Å²) in [5, 5.41) is 0. The van der Waals surface area contributed by atoms with Gasteiger partial charge in [0.2, 0.25) is 0 Å². The Morgan fingerprint density at radius 1 is 1.60 bits per heavy atom. The van der Waals surface area contributed by atoms with Crippen LogP contribution in [0.4, 0.5) is 0 Å². The third-order valence-electron chi connectivity index (χ3n) is 2.58. The summed E-state index contributed by atoms with van der Waals surface area (Å²) >= 11 is 0. The molecule has 0 aromatic carbocycles. The molecule has 1 saturated heterocycles. The molecule has 1 unspecified atom stereocenters. The van der Waals surface area contributed by atoms with E-state index in [1.54, 1.807) is 0 Å². The number of hydrogen-bond acceptors (Lipinski definition) is 2. The van der Waals surface area contributed by atoms with Gasteiger partial charge in [-0.1, -0.05) is 6.92 Å². The van der Waals surface area contributed by atoms with Crippen LogP contribution in [0, 0.1) is 0 Å². The molecule has 1 aliphatic rings. The lowest BCUT2D eigenvalue weighted by atomic mass is 10.0. The number of ether oxygens (including phenoxy) is 1. The lowest BCUT2D eigenvalue weighted by molar-refractivity contribution is -0.00276. The number of rotatable bonds is 2. The van der Waals surface area contributed by atoms with Crippen molar-refractivity contribution in [1.82, 2.24) is 4.90 Å². The Morgan fingerprint density at radius 3 is 2.50 bits per heavy atom. The Morgan fingerprint density at radius 2 is 2.30 bits per heavy atom. The first-order valence-electron chi connectivity index (χ1n) is 3.96. The van der Waals surface area contributed by atoms with E-state index in [0.717, 1.165) is 13.0 Å². The molecule has 1 heterocycles. The van der Waals surface area contributed by atoms with Gasteiger partial charge in [-0.05, 0) is 19.9 Å². The molecule has 1 fully saturated rings. The molecular formula is C8H17NO. The molecule has 0 spiro atoms. The molecule has 60 valence electrons. The van der Waals surface area contributed by atoms with E-state index < -0.39 is 0 Å². The minimum Gasteiger partial charge on any atom is -0.377 e. The van der Waals surface area contributed by atoms with E-state index in [2.05, 4.69) is 18.9 Å². The second kappa shape index (κ2) is 2.89. The predicted octanol–water partition coefficient (Wildman–Crippen LogP) is 1.12. The third kappa shape index (κ3) is 1.32. The number of hydrogen-bond donors (Lipinski definition) is 0. The molecular weight excluding hydrogens is 126 g/mol. The molecule has 0 aliphatic carbocycles. The van der Waals surface area contributed by atoms with Crippen LogP contribution in [0.5, 0.6) is 0 Å². The van der Waals surface area contributed by atoms with E-state index in [0.29, 0.717) is 0 Å². The van der Waals surface area contributed by atoms with E-state index in [1.807, 2.05) is 7.11 Å². The number of likely N-dealkylation sites (N-methyl/N-ethyl adjacent to an activating group) is 1. The molecule has 0 amide bonds. The minimum absolute atomic E-state index is 0.175. The highest BCUT2D eigenvalue weighted by atomic mass is 16.5. The van der Waals surface area contributed by atoms with Crippen LogP contribution in [0.1, 0.15) is 19.8 Å². The Kier molecular flexibility index (Phi) is 2.32. The predicted molar refractivity (Wildman–Crippen MR) is 42.1 cm³/mol. The summed E-state index contributed by atoms with van der Waals surface area (Å²) in [6.07, 6.45) is 2.32. The SMILES string of the molecule is CCC1(OC)CCN(C)C1. The first-order valence-corrected chi connectivity index (χ1v) is 3.96. The fourth-order valence-corrected chi connectivity index (χ4v) is 1.64. The molecule has 2 heteroatoms. The van der Waals surface area contributed by atoms with Crippen molar-refractivity contribution >= 4 is 0 Å². The molecule has 0 aromatic rings. The van der Waals surface area contributed by atoms with Crippen LogP contribution in [0.25, 0.3) is 0 Å². The smallest absolute Gasteiger partial charge is 0.0814 e. The summed E-state index contributed by atoms with van der Waals surface area (Å²) in [5.41, 5.74) is 0.175. The summed E-state index contributed by atoms with van der Waals surface area (Å²) in [6.45, 7) is 4.48. The largest absolute Gasteiger partial charge is 0.377 e. The van der Waals surface area contributed by atoms with Crippen LogP contribution in [0.3, 0.4) is 0 Å².